The molecule has 1 atom stereocenters. The van der Waals surface area contributed by atoms with Crippen LogP contribution in [0, 0.1) is 0 Å². The number of imidazole rings is 1. The number of oxime groups is 1. The Labute approximate surface area is 168 Å². The molecular formula is C19H12Cl2F3N3O. The molecule has 2 aromatic carbocycles. The van der Waals surface area contributed by atoms with Crippen LogP contribution in [0.15, 0.2) is 66.3 Å². The predicted octanol–water partition coefficient (Wildman–Crippen LogP) is 5.76. The third-order valence-electron chi connectivity index (χ3n) is 4.52. The molecule has 0 N–H and O–H groups in total. The van der Waals surface area contributed by atoms with Crippen LogP contribution in [-0.4, -0.2) is 21.4 Å². The molecule has 144 valence electrons. The second-order valence-electron chi connectivity index (χ2n) is 6.31. The molecule has 0 saturated carbocycles. The van der Waals surface area contributed by atoms with Gasteiger partial charge in [0.25, 0.3) is 5.60 Å². The first-order valence-electron chi connectivity index (χ1n) is 8.16. The van der Waals surface area contributed by atoms with Crippen LogP contribution in [0.2, 0.25) is 10.0 Å². The average molecular weight is 426 g/mol. The van der Waals surface area contributed by atoms with Gasteiger partial charge in [-0.2, -0.15) is 13.2 Å². The third-order valence-corrected chi connectivity index (χ3v) is 4.95. The number of nitrogens with zero attached hydrogens (tertiary/aromatic N) is 3. The Bertz CT molecular complexity index is 1010. The predicted molar refractivity (Wildman–Crippen MR) is 100.0 cm³/mol. The van der Waals surface area contributed by atoms with E-state index in [1.165, 1.54) is 18.2 Å². The highest BCUT2D eigenvalue weighted by Crippen LogP contribution is 2.49. The first-order chi connectivity index (χ1) is 13.3. The van der Waals surface area contributed by atoms with E-state index in [1.807, 2.05) is 0 Å². The Morgan fingerprint density at radius 3 is 2.29 bits per heavy atom. The van der Waals surface area contributed by atoms with Gasteiger partial charge in [0.15, 0.2) is 0 Å². The molecule has 1 aliphatic heterocycles. The second-order valence-corrected chi connectivity index (χ2v) is 7.18. The van der Waals surface area contributed by atoms with Crippen LogP contribution in [0.1, 0.15) is 17.5 Å². The zero-order chi connectivity index (χ0) is 19.9. The molecule has 0 fully saturated rings. The van der Waals surface area contributed by atoms with Crippen LogP contribution in [0.4, 0.5) is 13.2 Å². The maximum Gasteiger partial charge on any atom is 0.435 e. The molecule has 0 spiro atoms. The van der Waals surface area contributed by atoms with E-state index in [2.05, 4.69) is 10.1 Å². The van der Waals surface area contributed by atoms with Crippen molar-refractivity contribution in [3.05, 3.63) is 82.4 Å². The molecule has 0 amide bonds. The molecule has 1 aliphatic rings. The molecule has 0 saturated heterocycles. The smallest absolute Gasteiger partial charge is 0.374 e. The van der Waals surface area contributed by atoms with Crippen molar-refractivity contribution >= 4 is 28.9 Å². The fourth-order valence-electron chi connectivity index (χ4n) is 3.08. The van der Waals surface area contributed by atoms with Crippen molar-refractivity contribution in [2.24, 2.45) is 5.16 Å². The van der Waals surface area contributed by atoms with Gasteiger partial charge < -0.3 is 9.40 Å². The average Bonchev–Trinajstić information content (AvgIpc) is 3.31. The van der Waals surface area contributed by atoms with Crippen molar-refractivity contribution < 1.29 is 18.0 Å². The molecule has 9 heteroatoms. The zero-order valence-corrected chi connectivity index (χ0v) is 15.6. The molecule has 0 bridgehead atoms. The lowest BCUT2D eigenvalue weighted by Gasteiger charge is -2.29. The van der Waals surface area contributed by atoms with E-state index in [9.17, 15) is 13.2 Å². The largest absolute Gasteiger partial charge is 0.435 e. The van der Waals surface area contributed by atoms with Gasteiger partial charge in [-0.1, -0.05) is 40.5 Å². The lowest BCUT2D eigenvalue weighted by Crippen LogP contribution is -2.42. The molecule has 4 rings (SSSR count). The fraction of sp³-hybridized carbons (Fsp3) is 0.158. The highest BCUT2D eigenvalue weighted by molar-refractivity contribution is 6.34. The van der Waals surface area contributed by atoms with Gasteiger partial charge >= 0.3 is 6.18 Å². The number of halogens is 5. The van der Waals surface area contributed by atoms with Gasteiger partial charge in [0.05, 0.1) is 12.0 Å². The summed E-state index contributed by atoms with van der Waals surface area (Å²) in [5.41, 5.74) is -1.29. The quantitative estimate of drug-likeness (QED) is 0.534. The summed E-state index contributed by atoms with van der Waals surface area (Å²) >= 11 is 11.8. The van der Waals surface area contributed by atoms with Crippen LogP contribution < -0.4 is 0 Å². The second kappa shape index (κ2) is 6.83. The molecule has 4 nitrogen and oxygen atoms in total. The number of rotatable bonds is 3. The number of aromatic nitrogens is 2. The standard InChI is InChI=1S/C19H12Cl2F3N3O/c20-14-7-13(8-15(21)9-14)18(19(22,23)24)10-17(26-28-18)12-1-3-16(4-2-12)27-6-5-25-11-27/h1-9,11H,10H2. The summed E-state index contributed by atoms with van der Waals surface area (Å²) in [6.07, 6.45) is -0.178. The molecule has 1 aromatic heterocycles. The van der Waals surface area contributed by atoms with Crippen LogP contribution in [0.3, 0.4) is 0 Å². The fourth-order valence-corrected chi connectivity index (χ4v) is 3.61. The summed E-state index contributed by atoms with van der Waals surface area (Å²) in [4.78, 5) is 8.97. The Kier molecular flexibility index (Phi) is 4.59. The van der Waals surface area contributed by atoms with Crippen LogP contribution in [0.25, 0.3) is 5.69 Å². The van der Waals surface area contributed by atoms with Crippen LogP contribution in [0.5, 0.6) is 0 Å². The molecule has 0 aliphatic carbocycles. The summed E-state index contributed by atoms with van der Waals surface area (Å²) < 4.78 is 43.8. The van der Waals surface area contributed by atoms with E-state index in [-0.39, 0.29) is 21.3 Å². The van der Waals surface area contributed by atoms with Gasteiger partial charge in [-0.05, 0) is 35.9 Å². The monoisotopic (exact) mass is 425 g/mol. The van der Waals surface area contributed by atoms with Crippen molar-refractivity contribution in [2.75, 3.05) is 0 Å². The van der Waals surface area contributed by atoms with Crippen molar-refractivity contribution in [2.45, 2.75) is 18.2 Å². The van der Waals surface area contributed by atoms with Crippen molar-refractivity contribution in [3.8, 4) is 5.69 Å². The van der Waals surface area contributed by atoms with Gasteiger partial charge in [0.2, 0.25) is 0 Å². The van der Waals surface area contributed by atoms with E-state index in [0.29, 0.717) is 5.56 Å². The van der Waals surface area contributed by atoms with Gasteiger partial charge in [-0.3, -0.25) is 0 Å². The van der Waals surface area contributed by atoms with Crippen molar-refractivity contribution in [3.63, 3.8) is 0 Å². The van der Waals surface area contributed by atoms with Gasteiger partial charge in [0, 0.05) is 40.1 Å². The number of alkyl halides is 3. The maximum absolute atomic E-state index is 14.0. The normalized spacial score (nSPS) is 19.4. The summed E-state index contributed by atoms with van der Waals surface area (Å²) in [5, 5.41) is 3.93. The first-order valence-corrected chi connectivity index (χ1v) is 8.91. The third kappa shape index (κ3) is 3.25. The summed E-state index contributed by atoms with van der Waals surface area (Å²) in [5.74, 6) is 0. The topological polar surface area (TPSA) is 39.4 Å². The van der Waals surface area contributed by atoms with E-state index in [1.54, 1.807) is 47.6 Å². The maximum atomic E-state index is 14.0. The van der Waals surface area contributed by atoms with E-state index in [4.69, 9.17) is 28.0 Å². The van der Waals surface area contributed by atoms with Gasteiger partial charge in [0.1, 0.15) is 0 Å². The summed E-state index contributed by atoms with van der Waals surface area (Å²) in [7, 11) is 0. The Hall–Kier alpha value is -2.51. The van der Waals surface area contributed by atoms with E-state index in [0.717, 1.165) is 5.69 Å². The number of hydrogen-bond donors (Lipinski definition) is 0. The minimum atomic E-state index is -4.72. The Morgan fingerprint density at radius 1 is 1.04 bits per heavy atom. The summed E-state index contributed by atoms with van der Waals surface area (Å²) in [6, 6.07) is 10.7. The first kappa shape index (κ1) is 18.8. The van der Waals surface area contributed by atoms with E-state index >= 15 is 0 Å². The molecule has 1 unspecified atom stereocenters. The Balaban J connectivity index is 1.67. The summed E-state index contributed by atoms with van der Waals surface area (Å²) in [6.45, 7) is 0. The zero-order valence-electron chi connectivity index (χ0n) is 14.1. The highest BCUT2D eigenvalue weighted by atomic mass is 35.5. The highest BCUT2D eigenvalue weighted by Gasteiger charge is 2.62. The SMILES string of the molecule is FC(F)(F)C1(c2cc(Cl)cc(Cl)c2)CC(c2ccc(-n3ccnc3)cc2)=NO1. The van der Waals surface area contributed by atoms with Crippen molar-refractivity contribution in [1.29, 1.82) is 0 Å². The molecule has 28 heavy (non-hydrogen) atoms. The van der Waals surface area contributed by atoms with Crippen LogP contribution >= 0.6 is 23.2 Å². The number of hydrogen-bond acceptors (Lipinski definition) is 3. The minimum absolute atomic E-state index is 0.0906. The van der Waals surface area contributed by atoms with E-state index < -0.39 is 18.2 Å². The molecule has 3 aromatic rings. The van der Waals surface area contributed by atoms with Crippen molar-refractivity contribution in [1.82, 2.24) is 9.55 Å². The molecule has 2 heterocycles. The lowest BCUT2D eigenvalue weighted by atomic mass is 9.86. The Morgan fingerprint density at radius 2 is 1.71 bits per heavy atom. The minimum Gasteiger partial charge on any atom is -0.374 e. The van der Waals surface area contributed by atoms with Gasteiger partial charge in [-0.25, -0.2) is 4.98 Å². The lowest BCUT2D eigenvalue weighted by molar-refractivity contribution is -0.275. The molecule has 0 radical (unpaired) electrons. The van der Waals surface area contributed by atoms with Crippen LogP contribution in [-0.2, 0) is 10.4 Å². The molecular weight excluding hydrogens is 414 g/mol. The van der Waals surface area contributed by atoms with Gasteiger partial charge in [-0.15, -0.1) is 0 Å². The number of benzene rings is 2.